The van der Waals surface area contributed by atoms with E-state index >= 15 is 0 Å². The molecule has 1 fully saturated rings. The van der Waals surface area contributed by atoms with Gasteiger partial charge in [-0.05, 0) is 31.9 Å². The van der Waals surface area contributed by atoms with E-state index < -0.39 is 5.91 Å². The van der Waals surface area contributed by atoms with Crippen LogP contribution >= 0.6 is 0 Å². The summed E-state index contributed by atoms with van der Waals surface area (Å²) in [6.07, 6.45) is 3.80. The van der Waals surface area contributed by atoms with E-state index in [1.165, 1.54) is 0 Å². The van der Waals surface area contributed by atoms with E-state index in [1.807, 2.05) is 24.7 Å². The van der Waals surface area contributed by atoms with Crippen molar-refractivity contribution in [3.05, 3.63) is 35.8 Å². The lowest BCUT2D eigenvalue weighted by molar-refractivity contribution is 0.0995. The van der Waals surface area contributed by atoms with E-state index in [0.29, 0.717) is 6.04 Å². The summed E-state index contributed by atoms with van der Waals surface area (Å²) in [5.74, 6) is 0.630. The zero-order valence-corrected chi connectivity index (χ0v) is 13.5. The fourth-order valence-corrected chi connectivity index (χ4v) is 3.09. The third kappa shape index (κ3) is 3.44. The standard InChI is InChI=1S/C16H22N6O/c1-11-8-15(21(2)20-11)22-7-3-4-13(10-22)19-12-5-6-18-14(9-12)16(17)23/h5-6,8-9,13H,3-4,7,10H2,1-2H3,(H2,17,23)(H,18,19). The average molecular weight is 314 g/mol. The number of hydrogen-bond donors (Lipinski definition) is 2. The van der Waals surface area contributed by atoms with Gasteiger partial charge >= 0.3 is 0 Å². The van der Waals surface area contributed by atoms with Crippen molar-refractivity contribution >= 4 is 17.4 Å². The third-order valence-corrected chi connectivity index (χ3v) is 4.11. The number of primary amides is 1. The molecular weight excluding hydrogens is 292 g/mol. The summed E-state index contributed by atoms with van der Waals surface area (Å²) in [4.78, 5) is 17.6. The summed E-state index contributed by atoms with van der Waals surface area (Å²) in [6, 6.07) is 5.98. The molecule has 2 aromatic heterocycles. The van der Waals surface area contributed by atoms with Gasteiger partial charge in [0, 0.05) is 44.1 Å². The first-order valence-electron chi connectivity index (χ1n) is 7.81. The molecule has 1 amide bonds. The van der Waals surface area contributed by atoms with Crippen molar-refractivity contribution in [3.8, 4) is 0 Å². The van der Waals surface area contributed by atoms with Crippen molar-refractivity contribution in [2.75, 3.05) is 23.3 Å². The van der Waals surface area contributed by atoms with Crippen molar-refractivity contribution in [3.63, 3.8) is 0 Å². The first-order chi connectivity index (χ1) is 11.0. The van der Waals surface area contributed by atoms with Crippen molar-refractivity contribution < 1.29 is 4.79 Å². The number of nitrogens with zero attached hydrogens (tertiary/aromatic N) is 4. The van der Waals surface area contributed by atoms with Crippen LogP contribution in [-0.4, -0.2) is 39.8 Å². The van der Waals surface area contributed by atoms with Crippen molar-refractivity contribution in [1.29, 1.82) is 0 Å². The molecule has 1 saturated heterocycles. The highest BCUT2D eigenvalue weighted by molar-refractivity contribution is 5.91. The van der Waals surface area contributed by atoms with Crippen LogP contribution in [0.4, 0.5) is 11.5 Å². The fourth-order valence-electron chi connectivity index (χ4n) is 3.09. The van der Waals surface area contributed by atoms with Gasteiger partial charge in [-0.3, -0.25) is 14.5 Å². The van der Waals surface area contributed by atoms with Gasteiger partial charge in [0.25, 0.3) is 5.91 Å². The molecule has 7 nitrogen and oxygen atoms in total. The largest absolute Gasteiger partial charge is 0.380 e. The molecule has 23 heavy (non-hydrogen) atoms. The highest BCUT2D eigenvalue weighted by Gasteiger charge is 2.22. The molecule has 0 spiro atoms. The number of carbonyl (C=O) groups is 1. The van der Waals surface area contributed by atoms with Crippen molar-refractivity contribution in [2.45, 2.75) is 25.8 Å². The van der Waals surface area contributed by atoms with Crippen LogP contribution < -0.4 is 16.0 Å². The molecule has 0 aliphatic carbocycles. The maximum atomic E-state index is 11.2. The summed E-state index contributed by atoms with van der Waals surface area (Å²) < 4.78 is 1.93. The fraction of sp³-hybridized carbons (Fsp3) is 0.438. The number of hydrogen-bond acceptors (Lipinski definition) is 5. The van der Waals surface area contributed by atoms with Crippen LogP contribution in [-0.2, 0) is 7.05 Å². The predicted octanol–water partition coefficient (Wildman–Crippen LogP) is 1.30. The maximum absolute atomic E-state index is 11.2. The summed E-state index contributed by atoms with van der Waals surface area (Å²) in [5.41, 5.74) is 7.47. The Morgan fingerprint density at radius 2 is 2.26 bits per heavy atom. The van der Waals surface area contributed by atoms with E-state index in [9.17, 15) is 4.79 Å². The summed E-state index contributed by atoms with van der Waals surface area (Å²) in [7, 11) is 1.97. The zero-order valence-electron chi connectivity index (χ0n) is 13.5. The van der Waals surface area contributed by atoms with Crippen LogP contribution in [0, 0.1) is 6.92 Å². The normalized spacial score (nSPS) is 18.0. The van der Waals surface area contributed by atoms with Crippen LogP contribution in [0.5, 0.6) is 0 Å². The lowest BCUT2D eigenvalue weighted by atomic mass is 10.1. The van der Waals surface area contributed by atoms with Gasteiger partial charge in [0.05, 0.1) is 5.69 Å². The molecule has 2 aromatic rings. The van der Waals surface area contributed by atoms with Crippen LogP contribution in [0.15, 0.2) is 24.4 Å². The van der Waals surface area contributed by atoms with Crippen molar-refractivity contribution in [2.24, 2.45) is 12.8 Å². The highest BCUT2D eigenvalue weighted by Crippen LogP contribution is 2.22. The van der Waals surface area contributed by atoms with Crippen LogP contribution in [0.2, 0.25) is 0 Å². The molecule has 0 radical (unpaired) electrons. The van der Waals surface area contributed by atoms with Gasteiger partial charge in [-0.15, -0.1) is 0 Å². The van der Waals surface area contributed by atoms with Gasteiger partial charge in [-0.25, -0.2) is 0 Å². The second-order valence-corrected chi connectivity index (χ2v) is 5.99. The van der Waals surface area contributed by atoms with Gasteiger partial charge in [0.15, 0.2) is 0 Å². The molecule has 3 heterocycles. The first kappa shape index (κ1) is 15.3. The highest BCUT2D eigenvalue weighted by atomic mass is 16.1. The maximum Gasteiger partial charge on any atom is 0.267 e. The molecule has 1 aliphatic rings. The summed E-state index contributed by atoms with van der Waals surface area (Å²) in [6.45, 7) is 3.93. The molecule has 3 N–H and O–H groups in total. The molecule has 1 atom stereocenters. The number of rotatable bonds is 4. The van der Waals surface area contributed by atoms with Gasteiger partial charge in [0.1, 0.15) is 11.5 Å². The molecule has 0 bridgehead atoms. The number of amides is 1. The molecule has 0 saturated carbocycles. The average Bonchev–Trinajstić information content (AvgIpc) is 2.86. The smallest absolute Gasteiger partial charge is 0.267 e. The lowest BCUT2D eigenvalue weighted by Gasteiger charge is -2.34. The number of anilines is 2. The Kier molecular flexibility index (Phi) is 4.18. The first-order valence-corrected chi connectivity index (χ1v) is 7.81. The summed E-state index contributed by atoms with van der Waals surface area (Å²) in [5, 5.41) is 7.90. The number of piperidine rings is 1. The monoisotopic (exact) mass is 314 g/mol. The van der Waals surface area contributed by atoms with Crippen LogP contribution in [0.25, 0.3) is 0 Å². The van der Waals surface area contributed by atoms with Gasteiger partial charge in [-0.2, -0.15) is 5.10 Å². The molecule has 3 rings (SSSR count). The number of nitrogens with one attached hydrogen (secondary N) is 1. The third-order valence-electron chi connectivity index (χ3n) is 4.11. The molecule has 1 aliphatic heterocycles. The molecule has 7 heteroatoms. The number of aromatic nitrogens is 3. The Labute approximate surface area is 135 Å². The van der Waals surface area contributed by atoms with Crippen molar-refractivity contribution in [1.82, 2.24) is 14.8 Å². The summed E-state index contributed by atoms with van der Waals surface area (Å²) >= 11 is 0. The van der Waals surface area contributed by atoms with Gasteiger partial charge in [-0.1, -0.05) is 0 Å². The van der Waals surface area contributed by atoms with E-state index in [2.05, 4.69) is 26.4 Å². The van der Waals surface area contributed by atoms with E-state index in [-0.39, 0.29) is 5.69 Å². The second-order valence-electron chi connectivity index (χ2n) is 5.99. The molecular formula is C16H22N6O. The Balaban J connectivity index is 1.70. The van der Waals surface area contributed by atoms with E-state index in [0.717, 1.165) is 43.1 Å². The van der Waals surface area contributed by atoms with Crippen LogP contribution in [0.3, 0.4) is 0 Å². The Morgan fingerprint density at radius 1 is 1.43 bits per heavy atom. The number of carbonyl (C=O) groups excluding carboxylic acids is 1. The number of pyridine rings is 1. The quantitative estimate of drug-likeness (QED) is 0.888. The second kappa shape index (κ2) is 6.28. The SMILES string of the molecule is Cc1cc(N2CCCC(Nc3ccnc(C(N)=O)c3)C2)n(C)n1. The molecule has 122 valence electrons. The molecule has 0 aromatic carbocycles. The minimum Gasteiger partial charge on any atom is -0.380 e. The number of aryl methyl sites for hydroxylation is 2. The lowest BCUT2D eigenvalue weighted by Crippen LogP contribution is -2.43. The zero-order chi connectivity index (χ0) is 16.4. The minimum atomic E-state index is -0.510. The van der Waals surface area contributed by atoms with E-state index in [4.69, 9.17) is 5.73 Å². The van der Waals surface area contributed by atoms with Gasteiger partial charge < -0.3 is 16.0 Å². The van der Waals surface area contributed by atoms with Crippen LogP contribution in [0.1, 0.15) is 29.0 Å². The minimum absolute atomic E-state index is 0.282. The Bertz CT molecular complexity index is 710. The predicted molar refractivity (Wildman–Crippen MR) is 89.6 cm³/mol. The van der Waals surface area contributed by atoms with E-state index in [1.54, 1.807) is 12.3 Å². The Hall–Kier alpha value is -2.57. The Morgan fingerprint density at radius 3 is 2.96 bits per heavy atom. The van der Waals surface area contributed by atoms with Gasteiger partial charge in [0.2, 0.25) is 0 Å². The number of nitrogens with two attached hydrogens (primary N) is 1. The topological polar surface area (TPSA) is 89.1 Å². The molecule has 1 unspecified atom stereocenters.